The first kappa shape index (κ1) is 14.0. The third-order valence-electron chi connectivity index (χ3n) is 2.63. The van der Waals surface area contributed by atoms with Gasteiger partial charge in [-0.15, -0.1) is 0 Å². The van der Waals surface area contributed by atoms with Gasteiger partial charge in [-0.3, -0.25) is 0 Å². The maximum Gasteiger partial charge on any atom is 0.167 e. The summed E-state index contributed by atoms with van der Waals surface area (Å²) >= 11 is 3.40. The molecule has 2 rings (SSSR count). The molecule has 2 nitrogen and oxygen atoms in total. The van der Waals surface area contributed by atoms with Crippen molar-refractivity contribution in [1.82, 2.24) is 0 Å². The fourth-order valence-electron chi connectivity index (χ4n) is 1.58. The first-order chi connectivity index (χ1) is 9.10. The molecule has 0 aliphatic rings. The number of hydrogen-bond donors (Lipinski definition) is 1. The third-order valence-corrected chi connectivity index (χ3v) is 3.37. The Bertz CT molecular complexity index is 590. The monoisotopic (exact) mass is 327 g/mol. The highest BCUT2D eigenvalue weighted by Gasteiger charge is 2.07. The van der Waals surface area contributed by atoms with E-state index in [-0.39, 0.29) is 12.4 Å². The molecule has 2 aromatic carbocycles. The van der Waals surface area contributed by atoms with Gasteiger partial charge in [-0.1, -0.05) is 28.1 Å². The van der Waals surface area contributed by atoms with E-state index < -0.39 is 11.6 Å². The van der Waals surface area contributed by atoms with Crippen LogP contribution in [0.4, 0.5) is 8.78 Å². The Hall–Kier alpha value is -1.46. The van der Waals surface area contributed by atoms with Crippen molar-refractivity contribution in [2.24, 2.45) is 5.73 Å². The molecule has 19 heavy (non-hydrogen) atoms. The first-order valence-electron chi connectivity index (χ1n) is 5.65. The number of rotatable bonds is 4. The van der Waals surface area contributed by atoms with Crippen molar-refractivity contribution < 1.29 is 13.5 Å². The quantitative estimate of drug-likeness (QED) is 0.927. The summed E-state index contributed by atoms with van der Waals surface area (Å²) in [5.41, 5.74) is 7.38. The first-order valence-corrected chi connectivity index (χ1v) is 6.44. The summed E-state index contributed by atoms with van der Waals surface area (Å²) in [7, 11) is 0. The molecule has 0 unspecified atom stereocenters. The average Bonchev–Trinajstić information content (AvgIpc) is 2.39. The minimum atomic E-state index is -0.713. The fraction of sp³-hybridized carbons (Fsp3) is 0.143. The van der Waals surface area contributed by atoms with Gasteiger partial charge in [0.25, 0.3) is 0 Å². The summed E-state index contributed by atoms with van der Waals surface area (Å²) in [5.74, 6) is -1.32. The number of ether oxygens (including phenoxy) is 1. The van der Waals surface area contributed by atoms with Crippen molar-refractivity contribution >= 4 is 15.9 Å². The maximum absolute atomic E-state index is 13.4. The van der Waals surface area contributed by atoms with E-state index >= 15 is 0 Å². The molecule has 0 bridgehead atoms. The lowest BCUT2D eigenvalue weighted by atomic mass is 10.1. The summed E-state index contributed by atoms with van der Waals surface area (Å²) in [4.78, 5) is 0. The highest BCUT2D eigenvalue weighted by atomic mass is 79.9. The number of hydrogen-bond acceptors (Lipinski definition) is 2. The standard InChI is InChI=1S/C14H12BrF2NO/c15-12-5-9(7-18)1-2-10(12)8-19-14-4-3-11(16)6-13(14)17/h1-6H,7-8,18H2. The minimum absolute atomic E-state index is 0.0243. The lowest BCUT2D eigenvalue weighted by molar-refractivity contribution is 0.288. The van der Waals surface area contributed by atoms with Gasteiger partial charge in [0.1, 0.15) is 12.4 Å². The third kappa shape index (κ3) is 3.52. The van der Waals surface area contributed by atoms with Gasteiger partial charge < -0.3 is 10.5 Å². The second-order valence-corrected chi connectivity index (χ2v) is 4.85. The summed E-state index contributed by atoms with van der Waals surface area (Å²) in [6, 6.07) is 8.84. The Morgan fingerprint density at radius 1 is 1.11 bits per heavy atom. The van der Waals surface area contributed by atoms with Gasteiger partial charge in [0.15, 0.2) is 11.6 Å². The van der Waals surface area contributed by atoms with Crippen LogP contribution in [-0.4, -0.2) is 0 Å². The van der Waals surface area contributed by atoms with Gasteiger partial charge in [0.2, 0.25) is 0 Å². The van der Waals surface area contributed by atoms with Gasteiger partial charge in [-0.25, -0.2) is 8.78 Å². The fourth-order valence-corrected chi connectivity index (χ4v) is 2.12. The van der Waals surface area contributed by atoms with Crippen LogP contribution in [0.1, 0.15) is 11.1 Å². The van der Waals surface area contributed by atoms with Crippen LogP contribution in [0.15, 0.2) is 40.9 Å². The average molecular weight is 328 g/mol. The molecule has 0 spiro atoms. The molecule has 100 valence electrons. The Morgan fingerprint density at radius 2 is 1.89 bits per heavy atom. The number of halogens is 3. The Morgan fingerprint density at radius 3 is 2.53 bits per heavy atom. The van der Waals surface area contributed by atoms with Crippen molar-refractivity contribution in [2.45, 2.75) is 13.2 Å². The molecule has 0 heterocycles. The molecule has 0 aliphatic carbocycles. The summed E-state index contributed by atoms with van der Waals surface area (Å²) in [6.45, 7) is 0.639. The van der Waals surface area contributed by atoms with Crippen LogP contribution in [0, 0.1) is 11.6 Å². The zero-order valence-corrected chi connectivity index (χ0v) is 11.6. The predicted octanol–water partition coefficient (Wildman–Crippen LogP) is 3.77. The molecule has 0 saturated carbocycles. The van der Waals surface area contributed by atoms with E-state index in [1.807, 2.05) is 18.2 Å². The Labute approximate surface area is 118 Å². The van der Waals surface area contributed by atoms with E-state index in [9.17, 15) is 8.78 Å². The summed E-state index contributed by atoms with van der Waals surface area (Å²) < 4.78 is 32.3. The van der Waals surface area contributed by atoms with Crippen LogP contribution in [-0.2, 0) is 13.2 Å². The molecule has 0 radical (unpaired) electrons. The van der Waals surface area contributed by atoms with Gasteiger partial charge in [0.05, 0.1) is 0 Å². The molecule has 0 saturated heterocycles. The number of benzene rings is 2. The Balaban J connectivity index is 2.10. The van der Waals surface area contributed by atoms with E-state index in [1.54, 1.807) is 0 Å². The van der Waals surface area contributed by atoms with Crippen molar-refractivity contribution in [3.05, 3.63) is 63.6 Å². The molecular formula is C14H12BrF2NO. The summed E-state index contributed by atoms with van der Waals surface area (Å²) in [5, 5.41) is 0. The highest BCUT2D eigenvalue weighted by Crippen LogP contribution is 2.23. The molecule has 0 amide bonds. The normalized spacial score (nSPS) is 10.5. The summed E-state index contributed by atoms with van der Waals surface area (Å²) in [6.07, 6.45) is 0. The van der Waals surface area contributed by atoms with Crippen molar-refractivity contribution in [1.29, 1.82) is 0 Å². The smallest absolute Gasteiger partial charge is 0.167 e. The van der Waals surface area contributed by atoms with Crippen LogP contribution in [0.25, 0.3) is 0 Å². The van der Waals surface area contributed by atoms with Crippen LogP contribution in [0.2, 0.25) is 0 Å². The number of nitrogens with two attached hydrogens (primary N) is 1. The van der Waals surface area contributed by atoms with Gasteiger partial charge in [-0.2, -0.15) is 0 Å². The molecule has 0 atom stereocenters. The topological polar surface area (TPSA) is 35.2 Å². The van der Waals surface area contributed by atoms with Crippen molar-refractivity contribution in [2.75, 3.05) is 0 Å². The van der Waals surface area contributed by atoms with E-state index in [0.717, 1.165) is 27.7 Å². The molecule has 2 aromatic rings. The van der Waals surface area contributed by atoms with Crippen LogP contribution in [0.5, 0.6) is 5.75 Å². The van der Waals surface area contributed by atoms with Crippen LogP contribution >= 0.6 is 15.9 Å². The highest BCUT2D eigenvalue weighted by molar-refractivity contribution is 9.10. The zero-order chi connectivity index (χ0) is 13.8. The predicted molar refractivity (Wildman–Crippen MR) is 72.7 cm³/mol. The maximum atomic E-state index is 13.4. The van der Waals surface area contributed by atoms with E-state index in [4.69, 9.17) is 10.5 Å². The van der Waals surface area contributed by atoms with Gasteiger partial charge >= 0.3 is 0 Å². The van der Waals surface area contributed by atoms with E-state index in [0.29, 0.717) is 6.54 Å². The molecule has 0 aromatic heterocycles. The lowest BCUT2D eigenvalue weighted by Crippen LogP contribution is -2.01. The van der Waals surface area contributed by atoms with Crippen molar-refractivity contribution in [3.63, 3.8) is 0 Å². The van der Waals surface area contributed by atoms with Crippen molar-refractivity contribution in [3.8, 4) is 5.75 Å². The second-order valence-electron chi connectivity index (χ2n) is 3.99. The molecular weight excluding hydrogens is 316 g/mol. The minimum Gasteiger partial charge on any atom is -0.486 e. The largest absolute Gasteiger partial charge is 0.486 e. The van der Waals surface area contributed by atoms with E-state index in [2.05, 4.69) is 15.9 Å². The lowest BCUT2D eigenvalue weighted by Gasteiger charge is -2.09. The van der Waals surface area contributed by atoms with Crippen LogP contribution in [0.3, 0.4) is 0 Å². The zero-order valence-electron chi connectivity index (χ0n) is 10.00. The Kier molecular flexibility index (Phi) is 4.50. The van der Waals surface area contributed by atoms with Gasteiger partial charge in [-0.05, 0) is 23.8 Å². The van der Waals surface area contributed by atoms with Crippen LogP contribution < -0.4 is 10.5 Å². The molecule has 0 aliphatic heterocycles. The van der Waals surface area contributed by atoms with Gasteiger partial charge in [0, 0.05) is 22.6 Å². The van der Waals surface area contributed by atoms with E-state index in [1.165, 1.54) is 6.07 Å². The SMILES string of the molecule is NCc1ccc(COc2ccc(F)cc2F)c(Br)c1. The molecule has 0 fully saturated rings. The molecule has 5 heteroatoms. The molecule has 2 N–H and O–H groups in total. The second kappa shape index (κ2) is 6.12.